The van der Waals surface area contributed by atoms with E-state index in [0.29, 0.717) is 23.9 Å². The lowest BCUT2D eigenvalue weighted by Crippen LogP contribution is -2.10. The zero-order valence-electron chi connectivity index (χ0n) is 18.2. The Kier molecular flexibility index (Phi) is 7.32. The highest BCUT2D eigenvalue weighted by Crippen LogP contribution is 2.34. The minimum Gasteiger partial charge on any atom is -0.493 e. The molecule has 0 amide bonds. The van der Waals surface area contributed by atoms with Gasteiger partial charge in [0.1, 0.15) is 5.01 Å². The Hall–Kier alpha value is -2.18. The quantitative estimate of drug-likeness (QED) is 0.431. The molecule has 0 fully saturated rings. The lowest BCUT2D eigenvalue weighted by Gasteiger charge is -2.19. The van der Waals surface area contributed by atoms with Gasteiger partial charge in [0.05, 0.1) is 25.2 Å². The van der Waals surface area contributed by atoms with Gasteiger partial charge >= 0.3 is 0 Å². The summed E-state index contributed by atoms with van der Waals surface area (Å²) in [6.07, 6.45) is 0. The predicted octanol–water partition coefficient (Wildman–Crippen LogP) is 5.96. The smallest absolute Gasteiger partial charge is 0.161 e. The maximum atomic E-state index is 12.7. The molecule has 0 N–H and O–H groups in total. The number of thiazole rings is 1. The van der Waals surface area contributed by atoms with E-state index >= 15 is 0 Å². The van der Waals surface area contributed by atoms with E-state index < -0.39 is 10.8 Å². The summed E-state index contributed by atoms with van der Waals surface area (Å²) in [5.74, 6) is 2.40. The number of methoxy groups -OCH3 is 1. The van der Waals surface area contributed by atoms with Crippen molar-refractivity contribution in [2.24, 2.45) is 0 Å². The molecule has 4 nitrogen and oxygen atoms in total. The monoisotopic (exact) mass is 443 g/mol. The second kappa shape index (κ2) is 9.75. The molecular weight excluding hydrogens is 414 g/mol. The van der Waals surface area contributed by atoms with Crippen LogP contribution in [-0.2, 0) is 27.7 Å². The minimum atomic E-state index is -1.01. The van der Waals surface area contributed by atoms with Crippen LogP contribution in [0.1, 0.15) is 44.5 Å². The number of hydrogen-bond acceptors (Lipinski definition) is 5. The van der Waals surface area contributed by atoms with Gasteiger partial charge in [-0.3, -0.25) is 4.21 Å². The van der Waals surface area contributed by atoms with Gasteiger partial charge in [-0.15, -0.1) is 11.3 Å². The van der Waals surface area contributed by atoms with Crippen molar-refractivity contribution in [3.8, 4) is 22.1 Å². The van der Waals surface area contributed by atoms with Gasteiger partial charge in [-0.25, -0.2) is 4.98 Å². The first kappa shape index (κ1) is 22.5. The SMILES string of the molecule is CCOc1ccc(-c2nc(C[S@](=O)Cc3ccc(C(C)(C)C)cc3)cs2)cc1OC. The van der Waals surface area contributed by atoms with E-state index in [4.69, 9.17) is 9.47 Å². The van der Waals surface area contributed by atoms with Crippen LogP contribution in [0.3, 0.4) is 0 Å². The van der Waals surface area contributed by atoms with E-state index in [1.54, 1.807) is 18.4 Å². The molecule has 160 valence electrons. The molecule has 1 atom stereocenters. The van der Waals surface area contributed by atoms with Crippen molar-refractivity contribution in [1.82, 2.24) is 4.98 Å². The van der Waals surface area contributed by atoms with Gasteiger partial charge in [0.15, 0.2) is 11.5 Å². The Morgan fingerprint density at radius 2 is 1.77 bits per heavy atom. The van der Waals surface area contributed by atoms with Gasteiger partial charge < -0.3 is 9.47 Å². The molecule has 0 spiro atoms. The van der Waals surface area contributed by atoms with Gasteiger partial charge in [-0.2, -0.15) is 0 Å². The Morgan fingerprint density at radius 1 is 1.03 bits per heavy atom. The van der Waals surface area contributed by atoms with Gasteiger partial charge in [-0.1, -0.05) is 45.0 Å². The van der Waals surface area contributed by atoms with E-state index in [9.17, 15) is 4.21 Å². The molecule has 1 heterocycles. The van der Waals surface area contributed by atoms with Crippen molar-refractivity contribution in [3.63, 3.8) is 0 Å². The van der Waals surface area contributed by atoms with Crippen molar-refractivity contribution < 1.29 is 13.7 Å². The number of hydrogen-bond donors (Lipinski definition) is 0. The lowest BCUT2D eigenvalue weighted by atomic mass is 9.87. The largest absolute Gasteiger partial charge is 0.493 e. The fourth-order valence-electron chi connectivity index (χ4n) is 3.08. The van der Waals surface area contributed by atoms with E-state index in [0.717, 1.165) is 27.6 Å². The van der Waals surface area contributed by atoms with E-state index in [1.807, 2.05) is 30.5 Å². The van der Waals surface area contributed by atoms with Crippen LogP contribution in [0.5, 0.6) is 11.5 Å². The molecule has 0 aliphatic rings. The van der Waals surface area contributed by atoms with Crippen molar-refractivity contribution >= 4 is 22.1 Å². The molecule has 0 radical (unpaired) electrons. The third-order valence-electron chi connectivity index (χ3n) is 4.72. The minimum absolute atomic E-state index is 0.123. The van der Waals surface area contributed by atoms with Crippen LogP contribution >= 0.6 is 11.3 Å². The van der Waals surface area contributed by atoms with Crippen LogP contribution in [0, 0.1) is 0 Å². The third-order valence-corrected chi connectivity index (χ3v) is 6.93. The Bertz CT molecular complexity index is 1000. The Balaban J connectivity index is 1.66. The third kappa shape index (κ3) is 5.70. The molecule has 30 heavy (non-hydrogen) atoms. The van der Waals surface area contributed by atoms with E-state index in [1.165, 1.54) is 5.56 Å². The van der Waals surface area contributed by atoms with Crippen LogP contribution < -0.4 is 9.47 Å². The summed E-state index contributed by atoms with van der Waals surface area (Å²) in [6, 6.07) is 14.2. The average Bonchev–Trinajstić information content (AvgIpc) is 3.16. The number of aromatic nitrogens is 1. The van der Waals surface area contributed by atoms with Crippen LogP contribution in [-0.4, -0.2) is 22.9 Å². The number of benzene rings is 2. The lowest BCUT2D eigenvalue weighted by molar-refractivity contribution is 0.311. The maximum absolute atomic E-state index is 12.7. The van der Waals surface area contributed by atoms with Crippen molar-refractivity contribution in [2.75, 3.05) is 13.7 Å². The summed E-state index contributed by atoms with van der Waals surface area (Å²) in [5.41, 5.74) is 4.32. The second-order valence-electron chi connectivity index (χ2n) is 8.12. The number of ether oxygens (including phenoxy) is 2. The first-order valence-electron chi connectivity index (χ1n) is 10.00. The van der Waals surface area contributed by atoms with Crippen LogP contribution in [0.2, 0.25) is 0 Å². The summed E-state index contributed by atoms with van der Waals surface area (Å²) in [6.45, 7) is 9.11. The standard InChI is InChI=1S/C24H29NO3S2/c1-6-28-21-12-9-18(13-22(21)27-5)23-25-20(14-29-23)16-30(26)15-17-7-10-19(11-8-17)24(2,3)4/h7-14H,6,15-16H2,1-5H3/t30-/m1/s1. The zero-order valence-corrected chi connectivity index (χ0v) is 19.9. The fourth-order valence-corrected chi connectivity index (χ4v) is 5.15. The molecule has 0 saturated carbocycles. The summed E-state index contributed by atoms with van der Waals surface area (Å²) < 4.78 is 23.7. The molecule has 3 aromatic rings. The highest BCUT2D eigenvalue weighted by atomic mass is 32.2. The van der Waals surface area contributed by atoms with Crippen molar-refractivity contribution in [3.05, 3.63) is 64.7 Å². The molecule has 3 rings (SSSR count). The molecule has 0 saturated heterocycles. The zero-order chi connectivity index (χ0) is 21.7. The van der Waals surface area contributed by atoms with Crippen LogP contribution in [0.25, 0.3) is 10.6 Å². The van der Waals surface area contributed by atoms with Crippen molar-refractivity contribution in [2.45, 2.75) is 44.6 Å². The normalized spacial score (nSPS) is 12.6. The topological polar surface area (TPSA) is 48.4 Å². The molecule has 2 aromatic carbocycles. The van der Waals surface area contributed by atoms with E-state index in [-0.39, 0.29) is 5.41 Å². The molecular formula is C24H29NO3S2. The molecule has 0 bridgehead atoms. The van der Waals surface area contributed by atoms with Gasteiger partial charge in [0, 0.05) is 27.5 Å². The Morgan fingerprint density at radius 3 is 2.40 bits per heavy atom. The van der Waals surface area contributed by atoms with Crippen LogP contribution in [0.4, 0.5) is 0 Å². The number of nitrogens with zero attached hydrogens (tertiary/aromatic N) is 1. The summed E-state index contributed by atoms with van der Waals surface area (Å²) in [7, 11) is 0.625. The van der Waals surface area contributed by atoms with E-state index in [2.05, 4.69) is 50.0 Å². The highest BCUT2D eigenvalue weighted by Gasteiger charge is 2.14. The van der Waals surface area contributed by atoms with Crippen molar-refractivity contribution in [1.29, 1.82) is 0 Å². The van der Waals surface area contributed by atoms with Gasteiger partial charge in [0.2, 0.25) is 0 Å². The summed E-state index contributed by atoms with van der Waals surface area (Å²) >= 11 is 1.55. The molecule has 0 unspecified atom stereocenters. The number of rotatable bonds is 8. The highest BCUT2D eigenvalue weighted by molar-refractivity contribution is 7.83. The predicted molar refractivity (Wildman–Crippen MR) is 126 cm³/mol. The summed E-state index contributed by atoms with van der Waals surface area (Å²) in [5, 5.41) is 2.87. The molecule has 6 heteroatoms. The molecule has 1 aromatic heterocycles. The molecule has 0 aliphatic heterocycles. The first-order chi connectivity index (χ1) is 14.3. The average molecular weight is 444 g/mol. The maximum Gasteiger partial charge on any atom is 0.161 e. The molecule has 0 aliphatic carbocycles. The fraction of sp³-hybridized carbons (Fsp3) is 0.375. The first-order valence-corrected chi connectivity index (χ1v) is 12.4. The Labute approximate surface area is 185 Å². The van der Waals surface area contributed by atoms with Gasteiger partial charge in [-0.05, 0) is 41.7 Å². The second-order valence-corrected chi connectivity index (χ2v) is 10.4. The van der Waals surface area contributed by atoms with Crippen LogP contribution in [0.15, 0.2) is 47.8 Å². The van der Waals surface area contributed by atoms with Gasteiger partial charge in [0.25, 0.3) is 0 Å². The summed E-state index contributed by atoms with van der Waals surface area (Å²) in [4.78, 5) is 4.69.